The van der Waals surface area contributed by atoms with Crippen molar-refractivity contribution in [2.75, 3.05) is 16.4 Å². The van der Waals surface area contributed by atoms with Gasteiger partial charge in [0.05, 0.1) is 0 Å². The third-order valence-corrected chi connectivity index (χ3v) is 6.84. The zero-order valence-corrected chi connectivity index (χ0v) is 21.5. The quantitative estimate of drug-likeness (QED) is 0.190. The molecule has 0 aromatic heterocycles. The summed E-state index contributed by atoms with van der Waals surface area (Å²) in [6.07, 6.45) is 0. The lowest BCUT2D eigenvalue weighted by Gasteiger charge is -2.21. The molecule has 0 spiro atoms. The fraction of sp³-hybridized carbons (Fsp3) is 0. The Hall–Kier alpha value is -5.28. The van der Waals surface area contributed by atoms with Gasteiger partial charge in [-0.05, 0) is 47.0 Å². The van der Waals surface area contributed by atoms with Gasteiger partial charge >= 0.3 is 0 Å². The molecular weight excluding hydrogens is 474 g/mol. The topological polar surface area (TPSA) is 50.1 Å². The third kappa shape index (κ3) is 5.11. The van der Waals surface area contributed by atoms with Crippen molar-refractivity contribution in [1.82, 2.24) is 0 Å². The minimum Gasteiger partial charge on any atom is -0.398 e. The highest BCUT2D eigenvalue weighted by Gasteiger charge is 2.16. The van der Waals surface area contributed by atoms with Crippen LogP contribution in [0.25, 0.3) is 33.4 Å². The van der Waals surface area contributed by atoms with Gasteiger partial charge in [0.1, 0.15) is 0 Å². The predicted molar refractivity (Wildman–Crippen MR) is 167 cm³/mol. The Morgan fingerprint density at radius 1 is 0.333 bits per heavy atom. The van der Waals surface area contributed by atoms with Crippen molar-refractivity contribution in [3.63, 3.8) is 0 Å². The lowest BCUT2D eigenvalue weighted by atomic mass is 9.98. The molecule has 188 valence electrons. The summed E-state index contributed by atoms with van der Waals surface area (Å²) in [4.78, 5) is 0. The van der Waals surface area contributed by atoms with Gasteiger partial charge in [-0.2, -0.15) is 0 Å². The minimum absolute atomic E-state index is 0.735. The summed E-state index contributed by atoms with van der Waals surface area (Å²) < 4.78 is 0. The molecule has 0 saturated carbocycles. The molecule has 0 radical (unpaired) electrons. The lowest BCUT2D eigenvalue weighted by molar-refractivity contribution is 1.49. The second-order valence-corrected chi connectivity index (χ2v) is 9.39. The summed E-state index contributed by atoms with van der Waals surface area (Å²) in [7, 11) is 0. The average Bonchev–Trinajstić information content (AvgIpc) is 2.99. The van der Waals surface area contributed by atoms with Gasteiger partial charge in [-0.1, -0.05) is 121 Å². The number of nitrogen functional groups attached to an aromatic ring is 1. The van der Waals surface area contributed by atoms with E-state index in [9.17, 15) is 0 Å². The number of hydrogen-bond donors (Lipinski definition) is 3. The van der Waals surface area contributed by atoms with E-state index in [0.29, 0.717) is 0 Å². The van der Waals surface area contributed by atoms with Gasteiger partial charge in [-0.3, -0.25) is 0 Å². The highest BCUT2D eigenvalue weighted by Crippen LogP contribution is 2.42. The molecule has 0 aliphatic carbocycles. The first-order chi connectivity index (χ1) is 19.3. The van der Waals surface area contributed by atoms with E-state index >= 15 is 0 Å². The Morgan fingerprint density at radius 2 is 0.744 bits per heavy atom. The number of benzene rings is 6. The normalized spacial score (nSPS) is 10.7. The maximum absolute atomic E-state index is 6.51. The van der Waals surface area contributed by atoms with E-state index in [-0.39, 0.29) is 0 Å². The highest BCUT2D eigenvalue weighted by molar-refractivity contribution is 5.97. The van der Waals surface area contributed by atoms with E-state index in [1.54, 1.807) is 0 Å². The second kappa shape index (κ2) is 11.0. The molecule has 0 aliphatic heterocycles. The van der Waals surface area contributed by atoms with Crippen LogP contribution in [0.1, 0.15) is 0 Å². The second-order valence-electron chi connectivity index (χ2n) is 9.39. The lowest BCUT2D eigenvalue weighted by Crippen LogP contribution is -2.02. The molecule has 0 saturated heterocycles. The highest BCUT2D eigenvalue weighted by atomic mass is 14.9. The number of rotatable bonds is 7. The van der Waals surface area contributed by atoms with Gasteiger partial charge in [0.15, 0.2) is 0 Å². The van der Waals surface area contributed by atoms with E-state index in [2.05, 4.69) is 120 Å². The van der Waals surface area contributed by atoms with E-state index in [0.717, 1.165) is 56.3 Å². The molecule has 0 fully saturated rings. The van der Waals surface area contributed by atoms with Crippen molar-refractivity contribution < 1.29 is 0 Å². The summed E-state index contributed by atoms with van der Waals surface area (Å²) in [5.74, 6) is 0. The molecule has 0 amide bonds. The van der Waals surface area contributed by atoms with Crippen LogP contribution in [-0.4, -0.2) is 0 Å². The van der Waals surface area contributed by atoms with Crippen LogP contribution in [0.2, 0.25) is 0 Å². The molecule has 0 unspecified atom stereocenters. The van der Waals surface area contributed by atoms with Crippen molar-refractivity contribution in [3.05, 3.63) is 152 Å². The SMILES string of the molecule is Nc1cccc(Nc2cccc(Nc3ccccc3-c3ccccc3)c2-c2ccccc2)c1-c1ccccc1. The van der Waals surface area contributed by atoms with Crippen LogP contribution in [0, 0.1) is 0 Å². The van der Waals surface area contributed by atoms with Gasteiger partial charge in [-0.25, -0.2) is 0 Å². The van der Waals surface area contributed by atoms with E-state index in [4.69, 9.17) is 5.73 Å². The smallest absolute Gasteiger partial charge is 0.0485 e. The number of nitrogens with two attached hydrogens (primary N) is 1. The molecule has 3 nitrogen and oxygen atoms in total. The van der Waals surface area contributed by atoms with Crippen LogP contribution >= 0.6 is 0 Å². The van der Waals surface area contributed by atoms with E-state index < -0.39 is 0 Å². The van der Waals surface area contributed by atoms with Crippen molar-refractivity contribution in [1.29, 1.82) is 0 Å². The number of nitrogens with one attached hydrogen (secondary N) is 2. The molecule has 6 rings (SSSR count). The predicted octanol–water partition coefficient (Wildman–Crippen LogP) is 9.76. The van der Waals surface area contributed by atoms with Crippen LogP contribution in [-0.2, 0) is 0 Å². The van der Waals surface area contributed by atoms with Gasteiger partial charge < -0.3 is 16.4 Å². The van der Waals surface area contributed by atoms with Crippen molar-refractivity contribution in [3.8, 4) is 33.4 Å². The Bertz CT molecular complexity index is 1690. The van der Waals surface area contributed by atoms with Crippen LogP contribution in [0.15, 0.2) is 152 Å². The zero-order valence-electron chi connectivity index (χ0n) is 21.5. The van der Waals surface area contributed by atoms with E-state index in [1.165, 1.54) is 5.56 Å². The van der Waals surface area contributed by atoms with Crippen molar-refractivity contribution >= 4 is 28.4 Å². The van der Waals surface area contributed by atoms with Gasteiger partial charge in [0.25, 0.3) is 0 Å². The summed E-state index contributed by atoms with van der Waals surface area (Å²) in [6.45, 7) is 0. The number of para-hydroxylation sites is 1. The Morgan fingerprint density at radius 3 is 1.36 bits per heavy atom. The largest absolute Gasteiger partial charge is 0.398 e. The first kappa shape index (κ1) is 24.1. The Balaban J connectivity index is 1.47. The average molecular weight is 504 g/mol. The fourth-order valence-electron chi connectivity index (χ4n) is 5.03. The molecular formula is C36H29N3. The first-order valence-electron chi connectivity index (χ1n) is 13.1. The van der Waals surface area contributed by atoms with Crippen molar-refractivity contribution in [2.24, 2.45) is 0 Å². The summed E-state index contributed by atoms with van der Waals surface area (Å²) in [5, 5.41) is 7.49. The standard InChI is InChI=1S/C36H29N3/c37-30-21-12-23-32(35(30)27-16-6-2-7-17-27)39-34-25-13-24-33(36(34)28-18-8-3-9-19-28)38-31-22-11-10-20-29(31)26-14-4-1-5-15-26/h1-25,38-39H,37H2. The maximum atomic E-state index is 6.51. The minimum atomic E-state index is 0.735. The molecule has 0 heterocycles. The van der Waals surface area contributed by atoms with Crippen LogP contribution in [0.3, 0.4) is 0 Å². The van der Waals surface area contributed by atoms with Gasteiger partial charge in [0.2, 0.25) is 0 Å². The first-order valence-corrected chi connectivity index (χ1v) is 13.1. The van der Waals surface area contributed by atoms with Crippen LogP contribution in [0.5, 0.6) is 0 Å². The molecule has 0 atom stereocenters. The molecule has 4 N–H and O–H groups in total. The maximum Gasteiger partial charge on any atom is 0.0485 e. The zero-order chi connectivity index (χ0) is 26.4. The number of hydrogen-bond acceptors (Lipinski definition) is 3. The molecule has 0 aliphatic rings. The third-order valence-electron chi connectivity index (χ3n) is 6.84. The van der Waals surface area contributed by atoms with Gasteiger partial charge in [-0.15, -0.1) is 0 Å². The molecule has 6 aromatic rings. The molecule has 6 aromatic carbocycles. The Labute approximate surface area is 229 Å². The molecule has 39 heavy (non-hydrogen) atoms. The van der Waals surface area contributed by atoms with Crippen LogP contribution < -0.4 is 16.4 Å². The molecule has 0 bridgehead atoms. The number of anilines is 5. The monoisotopic (exact) mass is 503 g/mol. The van der Waals surface area contributed by atoms with Crippen molar-refractivity contribution in [2.45, 2.75) is 0 Å². The summed E-state index contributed by atoms with van der Waals surface area (Å²) >= 11 is 0. The van der Waals surface area contributed by atoms with Crippen LogP contribution in [0.4, 0.5) is 28.4 Å². The van der Waals surface area contributed by atoms with E-state index in [1.807, 2.05) is 42.5 Å². The Kier molecular flexibility index (Phi) is 6.79. The fourth-order valence-corrected chi connectivity index (χ4v) is 5.03. The summed E-state index contributed by atoms with van der Waals surface area (Å²) in [6, 6.07) is 52.0. The molecule has 3 heteroatoms. The van der Waals surface area contributed by atoms with Gasteiger partial charge in [0, 0.05) is 45.1 Å². The summed E-state index contributed by atoms with van der Waals surface area (Å²) in [5.41, 5.74) is 17.8.